The van der Waals surface area contributed by atoms with Crippen LogP contribution in [0.2, 0.25) is 10.0 Å². The molecular formula is C11H8Cl2N2O3. The van der Waals surface area contributed by atoms with Crippen LogP contribution in [-0.4, -0.2) is 22.6 Å². The van der Waals surface area contributed by atoms with Crippen molar-refractivity contribution in [1.82, 2.24) is 9.55 Å². The number of nitrogens with zero attached hydrogens (tertiary/aromatic N) is 2. The highest BCUT2D eigenvalue weighted by Crippen LogP contribution is 2.26. The molecule has 0 aliphatic heterocycles. The molecule has 0 N–H and O–H groups in total. The second-order valence-corrected chi connectivity index (χ2v) is 4.39. The van der Waals surface area contributed by atoms with Gasteiger partial charge < -0.3 is 9.30 Å². The second kappa shape index (κ2) is 4.59. The molecule has 7 heteroatoms. The van der Waals surface area contributed by atoms with Gasteiger partial charge in [0, 0.05) is 7.05 Å². The number of rotatable bonds is 1. The smallest absolute Gasteiger partial charge is 0.362 e. The van der Waals surface area contributed by atoms with Gasteiger partial charge >= 0.3 is 5.97 Å². The first-order valence-corrected chi connectivity index (χ1v) is 5.65. The third kappa shape index (κ3) is 1.95. The van der Waals surface area contributed by atoms with Crippen molar-refractivity contribution in [3.05, 3.63) is 38.2 Å². The van der Waals surface area contributed by atoms with E-state index < -0.39 is 11.5 Å². The van der Waals surface area contributed by atoms with E-state index >= 15 is 0 Å². The lowest BCUT2D eigenvalue weighted by Crippen LogP contribution is -2.27. The Kier molecular flexibility index (Phi) is 3.28. The average molecular weight is 287 g/mol. The van der Waals surface area contributed by atoms with Crippen LogP contribution >= 0.6 is 23.2 Å². The van der Waals surface area contributed by atoms with Gasteiger partial charge in [-0.05, 0) is 12.1 Å². The van der Waals surface area contributed by atoms with Crippen LogP contribution in [0, 0.1) is 0 Å². The summed E-state index contributed by atoms with van der Waals surface area (Å²) in [5.74, 6) is -0.788. The number of esters is 1. The summed E-state index contributed by atoms with van der Waals surface area (Å²) in [6.07, 6.45) is 0. The lowest BCUT2D eigenvalue weighted by Gasteiger charge is -2.07. The number of carbonyl (C=O) groups is 1. The van der Waals surface area contributed by atoms with E-state index in [0.29, 0.717) is 21.1 Å². The number of aromatic nitrogens is 2. The zero-order chi connectivity index (χ0) is 13.4. The number of methoxy groups -OCH3 is 1. The summed E-state index contributed by atoms with van der Waals surface area (Å²) < 4.78 is 5.78. The molecule has 0 saturated carbocycles. The van der Waals surface area contributed by atoms with Crippen molar-refractivity contribution in [3.63, 3.8) is 0 Å². The Morgan fingerprint density at radius 1 is 1.33 bits per heavy atom. The Morgan fingerprint density at radius 3 is 2.56 bits per heavy atom. The SMILES string of the molecule is COC(=O)c1nc2cc(Cl)c(Cl)cc2n(C)c1=O. The van der Waals surface area contributed by atoms with Gasteiger partial charge in [-0.1, -0.05) is 23.2 Å². The van der Waals surface area contributed by atoms with Crippen LogP contribution in [0.3, 0.4) is 0 Å². The number of benzene rings is 1. The predicted octanol–water partition coefficient (Wildman–Crippen LogP) is 2.03. The molecule has 5 nitrogen and oxygen atoms in total. The van der Waals surface area contributed by atoms with Crippen molar-refractivity contribution in [2.24, 2.45) is 7.05 Å². The summed E-state index contributed by atoms with van der Waals surface area (Å²) in [7, 11) is 2.70. The van der Waals surface area contributed by atoms with E-state index in [1.807, 2.05) is 0 Å². The van der Waals surface area contributed by atoms with Crippen LogP contribution in [0.5, 0.6) is 0 Å². The summed E-state index contributed by atoms with van der Waals surface area (Å²) in [5.41, 5.74) is 0.0487. The highest BCUT2D eigenvalue weighted by atomic mass is 35.5. The molecule has 0 saturated heterocycles. The Bertz CT molecular complexity index is 709. The fourth-order valence-electron chi connectivity index (χ4n) is 1.55. The maximum atomic E-state index is 11.9. The van der Waals surface area contributed by atoms with Gasteiger partial charge in [0.15, 0.2) is 0 Å². The van der Waals surface area contributed by atoms with E-state index in [4.69, 9.17) is 23.2 Å². The summed E-state index contributed by atoms with van der Waals surface area (Å²) >= 11 is 11.7. The van der Waals surface area contributed by atoms with Gasteiger partial charge in [-0.15, -0.1) is 0 Å². The quantitative estimate of drug-likeness (QED) is 0.753. The molecule has 0 unspecified atom stereocenters. The molecule has 18 heavy (non-hydrogen) atoms. The van der Waals surface area contributed by atoms with E-state index in [9.17, 15) is 9.59 Å². The number of hydrogen-bond donors (Lipinski definition) is 0. The van der Waals surface area contributed by atoms with Gasteiger partial charge in [0.05, 0.1) is 28.2 Å². The van der Waals surface area contributed by atoms with Crippen LogP contribution < -0.4 is 5.56 Å². The Balaban J connectivity index is 2.88. The van der Waals surface area contributed by atoms with Crippen LogP contribution in [-0.2, 0) is 11.8 Å². The number of carbonyl (C=O) groups excluding carboxylic acids is 1. The topological polar surface area (TPSA) is 61.2 Å². The predicted molar refractivity (Wildman–Crippen MR) is 68.3 cm³/mol. The number of ether oxygens (including phenoxy) is 1. The van der Waals surface area contributed by atoms with Crippen LogP contribution in [0.4, 0.5) is 0 Å². The van der Waals surface area contributed by atoms with E-state index in [1.165, 1.54) is 30.9 Å². The number of hydrogen-bond acceptors (Lipinski definition) is 4. The maximum absolute atomic E-state index is 11.9. The number of halogens is 2. The first-order chi connectivity index (χ1) is 8.45. The average Bonchev–Trinajstić information content (AvgIpc) is 2.35. The van der Waals surface area contributed by atoms with Crippen molar-refractivity contribution in [2.45, 2.75) is 0 Å². The minimum atomic E-state index is -0.788. The van der Waals surface area contributed by atoms with Crippen LogP contribution in [0.25, 0.3) is 11.0 Å². The van der Waals surface area contributed by atoms with Crippen molar-refractivity contribution in [3.8, 4) is 0 Å². The van der Waals surface area contributed by atoms with Gasteiger partial charge in [0.2, 0.25) is 5.69 Å². The molecule has 0 amide bonds. The van der Waals surface area contributed by atoms with E-state index in [0.717, 1.165) is 0 Å². The molecule has 0 bridgehead atoms. The molecule has 1 aromatic heterocycles. The molecule has 0 radical (unpaired) electrons. The van der Waals surface area contributed by atoms with Crippen molar-refractivity contribution < 1.29 is 9.53 Å². The summed E-state index contributed by atoms with van der Waals surface area (Å²) in [6.45, 7) is 0. The van der Waals surface area contributed by atoms with Crippen molar-refractivity contribution in [1.29, 1.82) is 0 Å². The molecule has 1 aromatic carbocycles. The van der Waals surface area contributed by atoms with E-state index in [2.05, 4.69) is 9.72 Å². The molecular weight excluding hydrogens is 279 g/mol. The largest absolute Gasteiger partial charge is 0.464 e. The monoisotopic (exact) mass is 286 g/mol. The van der Waals surface area contributed by atoms with Crippen LogP contribution in [0.15, 0.2) is 16.9 Å². The van der Waals surface area contributed by atoms with Crippen molar-refractivity contribution >= 4 is 40.2 Å². The zero-order valence-corrected chi connectivity index (χ0v) is 11.0. The number of aryl methyl sites for hydroxylation is 1. The number of fused-ring (bicyclic) bond motifs is 1. The Morgan fingerprint density at radius 2 is 1.94 bits per heavy atom. The zero-order valence-electron chi connectivity index (χ0n) is 9.53. The molecule has 0 spiro atoms. The molecule has 1 heterocycles. The first kappa shape index (κ1) is 12.9. The standard InChI is InChI=1S/C11H8Cl2N2O3/c1-15-8-4-6(13)5(12)3-7(8)14-9(10(15)16)11(17)18-2/h3-4H,1-2H3. The van der Waals surface area contributed by atoms with Gasteiger partial charge in [-0.2, -0.15) is 0 Å². The Labute approximate surface area is 112 Å². The van der Waals surface area contributed by atoms with Gasteiger partial charge in [0.25, 0.3) is 5.56 Å². The molecule has 0 fully saturated rings. The summed E-state index contributed by atoms with van der Waals surface area (Å²) in [4.78, 5) is 27.3. The first-order valence-electron chi connectivity index (χ1n) is 4.89. The van der Waals surface area contributed by atoms with Gasteiger partial charge in [-0.25, -0.2) is 9.78 Å². The van der Waals surface area contributed by atoms with Crippen LogP contribution in [0.1, 0.15) is 10.5 Å². The Hall–Kier alpha value is -1.59. The van der Waals surface area contributed by atoms with E-state index in [1.54, 1.807) is 0 Å². The molecule has 0 aliphatic carbocycles. The minimum absolute atomic E-state index is 0.286. The molecule has 94 valence electrons. The van der Waals surface area contributed by atoms with E-state index in [-0.39, 0.29) is 5.69 Å². The lowest BCUT2D eigenvalue weighted by molar-refractivity contribution is 0.0591. The fourth-order valence-corrected chi connectivity index (χ4v) is 1.87. The molecule has 2 aromatic rings. The molecule has 0 atom stereocenters. The molecule has 0 aliphatic rings. The second-order valence-electron chi connectivity index (χ2n) is 3.57. The minimum Gasteiger partial charge on any atom is -0.464 e. The normalized spacial score (nSPS) is 10.7. The van der Waals surface area contributed by atoms with Gasteiger partial charge in [-0.3, -0.25) is 4.79 Å². The lowest BCUT2D eigenvalue weighted by atomic mass is 10.2. The third-order valence-corrected chi connectivity index (χ3v) is 3.22. The fraction of sp³-hybridized carbons (Fsp3) is 0.182. The maximum Gasteiger partial charge on any atom is 0.362 e. The van der Waals surface area contributed by atoms with Gasteiger partial charge in [0.1, 0.15) is 0 Å². The summed E-state index contributed by atoms with van der Waals surface area (Å²) in [5, 5.41) is 0.609. The summed E-state index contributed by atoms with van der Waals surface area (Å²) in [6, 6.07) is 3.01. The van der Waals surface area contributed by atoms with Crippen molar-refractivity contribution in [2.75, 3.05) is 7.11 Å². The third-order valence-electron chi connectivity index (χ3n) is 2.50. The highest BCUT2D eigenvalue weighted by Gasteiger charge is 2.17. The highest BCUT2D eigenvalue weighted by molar-refractivity contribution is 6.42. The molecule has 2 rings (SSSR count).